The zero-order valence-electron chi connectivity index (χ0n) is 34.8. The molecule has 12 aromatic rings. The Hall–Kier alpha value is -8.08. The number of anilines is 6. The molecule has 1 aliphatic carbocycles. The lowest BCUT2D eigenvalue weighted by atomic mass is 9.82. The number of hydrogen-bond donors (Lipinski definition) is 0. The summed E-state index contributed by atoms with van der Waals surface area (Å²) in [6.45, 7) is 4.74. The third-order valence-corrected chi connectivity index (χ3v) is 13.4. The average molecular weight is 809 g/mol. The first-order chi connectivity index (χ1) is 31.0. The molecule has 0 unspecified atom stereocenters. The average Bonchev–Trinajstić information content (AvgIpc) is 3.96. The van der Waals surface area contributed by atoms with Crippen molar-refractivity contribution in [2.45, 2.75) is 19.3 Å². The molecule has 4 nitrogen and oxygen atoms in total. The first-order valence-electron chi connectivity index (χ1n) is 21.7. The Labute approximate surface area is 364 Å². The maximum Gasteiger partial charge on any atom is 0.137 e. The molecule has 0 atom stereocenters. The Morgan fingerprint density at radius 2 is 0.762 bits per heavy atom. The van der Waals surface area contributed by atoms with Gasteiger partial charge < -0.3 is 18.6 Å². The lowest BCUT2D eigenvalue weighted by molar-refractivity contribution is 0.660. The molecule has 63 heavy (non-hydrogen) atoms. The summed E-state index contributed by atoms with van der Waals surface area (Å²) in [6, 6.07) is 74.3. The number of hydrogen-bond acceptors (Lipinski definition) is 4. The second-order valence-electron chi connectivity index (χ2n) is 17.3. The van der Waals surface area contributed by atoms with Crippen LogP contribution in [-0.2, 0) is 5.41 Å². The quantitative estimate of drug-likeness (QED) is 0.157. The van der Waals surface area contributed by atoms with E-state index in [1.54, 1.807) is 0 Å². The Morgan fingerprint density at radius 3 is 1.37 bits per heavy atom. The molecular formula is C59H40N2O2. The van der Waals surface area contributed by atoms with E-state index < -0.39 is 0 Å². The van der Waals surface area contributed by atoms with Crippen LogP contribution in [0.5, 0.6) is 0 Å². The molecule has 4 heteroatoms. The van der Waals surface area contributed by atoms with Crippen molar-refractivity contribution in [3.63, 3.8) is 0 Å². The monoisotopic (exact) mass is 808 g/mol. The molecular weight excluding hydrogens is 769 g/mol. The van der Waals surface area contributed by atoms with Crippen molar-refractivity contribution in [2.24, 2.45) is 0 Å². The summed E-state index contributed by atoms with van der Waals surface area (Å²) >= 11 is 0. The van der Waals surface area contributed by atoms with Crippen molar-refractivity contribution < 1.29 is 8.83 Å². The molecule has 298 valence electrons. The van der Waals surface area contributed by atoms with E-state index in [9.17, 15) is 0 Å². The van der Waals surface area contributed by atoms with Gasteiger partial charge in [-0.1, -0.05) is 129 Å². The molecule has 0 aliphatic heterocycles. The van der Waals surface area contributed by atoms with Crippen LogP contribution in [0.15, 0.2) is 215 Å². The fourth-order valence-corrected chi connectivity index (χ4v) is 10.4. The second-order valence-corrected chi connectivity index (χ2v) is 17.3. The fraction of sp³-hybridized carbons (Fsp3) is 0.0508. The van der Waals surface area contributed by atoms with Gasteiger partial charge in [-0.2, -0.15) is 0 Å². The molecule has 0 N–H and O–H groups in total. The third-order valence-electron chi connectivity index (χ3n) is 13.4. The van der Waals surface area contributed by atoms with Gasteiger partial charge in [0.25, 0.3) is 0 Å². The molecule has 0 fully saturated rings. The summed E-state index contributed by atoms with van der Waals surface area (Å²) in [5, 5.41) is 9.38. The SMILES string of the molecule is CC1(C)c2cc(N(c3ccc4c(c3)oc3ccccc34)c3ccc4c(c3)oc3ccccc34)ccc2-c2ccc(N(c3ccccc3)c3cc4ccccc4c4ccccc34)cc21. The zero-order valence-corrected chi connectivity index (χ0v) is 34.8. The Bertz CT molecular complexity index is 3690. The van der Waals surface area contributed by atoms with Crippen molar-refractivity contribution >= 4 is 99.5 Å². The minimum absolute atomic E-state index is 0.304. The number of fused-ring (bicyclic) bond motifs is 12. The smallest absolute Gasteiger partial charge is 0.137 e. The minimum Gasteiger partial charge on any atom is -0.456 e. The van der Waals surface area contributed by atoms with E-state index in [2.05, 4.69) is 206 Å². The van der Waals surface area contributed by atoms with Crippen molar-refractivity contribution in [2.75, 3.05) is 9.80 Å². The minimum atomic E-state index is -0.304. The molecule has 1 aliphatic rings. The first-order valence-corrected chi connectivity index (χ1v) is 21.7. The van der Waals surface area contributed by atoms with Crippen LogP contribution in [0.25, 0.3) is 76.5 Å². The van der Waals surface area contributed by atoms with Crippen LogP contribution in [0, 0.1) is 0 Å². The molecule has 0 amide bonds. The molecule has 10 aromatic carbocycles. The van der Waals surface area contributed by atoms with Crippen LogP contribution >= 0.6 is 0 Å². The van der Waals surface area contributed by atoms with E-state index in [1.807, 2.05) is 24.3 Å². The predicted molar refractivity (Wildman–Crippen MR) is 263 cm³/mol. The van der Waals surface area contributed by atoms with Crippen LogP contribution < -0.4 is 9.80 Å². The molecule has 0 spiro atoms. The molecule has 0 radical (unpaired) electrons. The second kappa shape index (κ2) is 13.5. The van der Waals surface area contributed by atoms with E-state index in [4.69, 9.17) is 8.83 Å². The Balaban J connectivity index is 0.966. The first kappa shape index (κ1) is 35.7. The van der Waals surface area contributed by atoms with Gasteiger partial charge in [0.1, 0.15) is 22.3 Å². The van der Waals surface area contributed by atoms with Crippen LogP contribution in [-0.4, -0.2) is 0 Å². The fourth-order valence-electron chi connectivity index (χ4n) is 10.4. The van der Waals surface area contributed by atoms with Crippen molar-refractivity contribution in [3.8, 4) is 11.1 Å². The van der Waals surface area contributed by atoms with E-state index in [1.165, 1.54) is 43.8 Å². The number of benzene rings is 10. The molecule has 2 heterocycles. The lowest BCUT2D eigenvalue weighted by Crippen LogP contribution is -2.17. The summed E-state index contributed by atoms with van der Waals surface area (Å²) < 4.78 is 12.9. The van der Waals surface area contributed by atoms with E-state index in [0.29, 0.717) is 0 Å². The Morgan fingerprint density at radius 1 is 0.317 bits per heavy atom. The standard InChI is InChI=1S/C59H40N2O2/c1-59(2)52-33-39(60(41-26-30-50-48-20-10-12-22-55(48)62-57(50)35-41)42-27-31-51-49-21-11-13-23-56(49)63-58(51)36-42)24-28-45(52)46-29-25-40(34-53(46)59)61(38-15-4-3-5-16-38)54-32-37-14-6-7-17-43(37)44-18-8-9-19-47(44)54/h3-36H,1-2H3. The number of furan rings is 2. The van der Waals surface area contributed by atoms with E-state index in [-0.39, 0.29) is 5.41 Å². The van der Waals surface area contributed by atoms with Crippen molar-refractivity contribution in [1.82, 2.24) is 0 Å². The van der Waals surface area contributed by atoms with E-state index in [0.717, 1.165) is 78.0 Å². The van der Waals surface area contributed by atoms with Crippen LogP contribution in [0.3, 0.4) is 0 Å². The number of para-hydroxylation sites is 3. The molecule has 2 aromatic heterocycles. The number of rotatable bonds is 6. The molecule has 0 bridgehead atoms. The topological polar surface area (TPSA) is 32.8 Å². The largest absolute Gasteiger partial charge is 0.456 e. The van der Waals surface area contributed by atoms with Gasteiger partial charge in [-0.25, -0.2) is 0 Å². The summed E-state index contributed by atoms with van der Waals surface area (Å²) in [7, 11) is 0. The summed E-state index contributed by atoms with van der Waals surface area (Å²) in [4.78, 5) is 4.77. The van der Waals surface area contributed by atoms with Crippen LogP contribution in [0.4, 0.5) is 34.1 Å². The molecule has 0 saturated heterocycles. The maximum absolute atomic E-state index is 6.46. The highest BCUT2D eigenvalue weighted by atomic mass is 16.3. The summed E-state index contributed by atoms with van der Waals surface area (Å²) in [5.41, 5.74) is 14.8. The number of nitrogens with zero attached hydrogens (tertiary/aromatic N) is 2. The molecule has 0 saturated carbocycles. The van der Waals surface area contributed by atoms with Gasteiger partial charge in [-0.15, -0.1) is 0 Å². The highest BCUT2D eigenvalue weighted by molar-refractivity contribution is 6.15. The van der Waals surface area contributed by atoms with Gasteiger partial charge >= 0.3 is 0 Å². The van der Waals surface area contributed by atoms with Gasteiger partial charge in [0.05, 0.1) is 5.69 Å². The van der Waals surface area contributed by atoms with Crippen LogP contribution in [0.2, 0.25) is 0 Å². The van der Waals surface area contributed by atoms with Crippen molar-refractivity contribution in [3.05, 3.63) is 217 Å². The van der Waals surface area contributed by atoms with Crippen LogP contribution in [0.1, 0.15) is 25.0 Å². The van der Waals surface area contributed by atoms with Gasteiger partial charge in [-0.3, -0.25) is 0 Å². The van der Waals surface area contributed by atoms with Gasteiger partial charge in [0, 0.05) is 72.9 Å². The predicted octanol–water partition coefficient (Wildman–Crippen LogP) is 17.0. The summed E-state index contributed by atoms with van der Waals surface area (Å²) in [5.74, 6) is 0. The van der Waals surface area contributed by atoms with Gasteiger partial charge in [0.15, 0.2) is 0 Å². The van der Waals surface area contributed by atoms with Gasteiger partial charge in [-0.05, 0) is 117 Å². The normalized spacial score (nSPS) is 13.0. The highest BCUT2D eigenvalue weighted by Crippen LogP contribution is 2.53. The third kappa shape index (κ3) is 5.41. The summed E-state index contributed by atoms with van der Waals surface area (Å²) in [6.07, 6.45) is 0. The molecule has 13 rings (SSSR count). The lowest BCUT2D eigenvalue weighted by Gasteiger charge is -2.30. The zero-order chi connectivity index (χ0) is 41.8. The Kier molecular flexibility index (Phi) is 7.62. The van der Waals surface area contributed by atoms with Crippen molar-refractivity contribution in [1.29, 1.82) is 0 Å². The highest BCUT2D eigenvalue weighted by Gasteiger charge is 2.37. The van der Waals surface area contributed by atoms with E-state index >= 15 is 0 Å². The maximum atomic E-state index is 6.46. The van der Waals surface area contributed by atoms with Gasteiger partial charge in [0.2, 0.25) is 0 Å².